The molecule has 4 rings (SSSR count). The molecule has 0 spiro atoms. The molecule has 2 aromatic heterocycles. The van der Waals surface area contributed by atoms with Crippen LogP contribution in [-0.4, -0.2) is 37.4 Å². The lowest BCUT2D eigenvalue weighted by Gasteiger charge is -2.28. The number of fused-ring (bicyclic) bond motifs is 1. The molecule has 0 fully saturated rings. The molecule has 8 heteroatoms. The van der Waals surface area contributed by atoms with Crippen LogP contribution in [-0.2, 0) is 24.2 Å². The number of carbonyl (C=O) groups is 1. The summed E-state index contributed by atoms with van der Waals surface area (Å²) in [5.74, 6) is 0.285. The normalized spacial score (nSPS) is 13.2. The quantitative estimate of drug-likeness (QED) is 0.707. The summed E-state index contributed by atoms with van der Waals surface area (Å²) in [4.78, 5) is 38.4. The number of H-pyrrole nitrogens is 1. The van der Waals surface area contributed by atoms with E-state index in [1.165, 1.54) is 6.07 Å². The first-order valence-corrected chi connectivity index (χ1v) is 9.17. The fourth-order valence-corrected chi connectivity index (χ4v) is 3.43. The molecular weight excluding hydrogens is 380 g/mol. The van der Waals surface area contributed by atoms with Gasteiger partial charge in [0.05, 0.1) is 23.7 Å². The van der Waals surface area contributed by atoms with Crippen LogP contribution >= 0.6 is 11.6 Å². The smallest absolute Gasteiger partial charge is 0.254 e. The van der Waals surface area contributed by atoms with E-state index >= 15 is 0 Å². The van der Waals surface area contributed by atoms with Crippen LogP contribution in [0.4, 0.5) is 0 Å². The van der Waals surface area contributed by atoms with Crippen LogP contribution in [0.5, 0.6) is 5.75 Å². The van der Waals surface area contributed by atoms with Gasteiger partial charge in [0.2, 0.25) is 5.91 Å². The van der Waals surface area contributed by atoms with Gasteiger partial charge in [-0.15, -0.1) is 0 Å². The highest BCUT2D eigenvalue weighted by Crippen LogP contribution is 2.24. The number of phenolic OH excluding ortho intramolecular Hbond substituents is 1. The Morgan fingerprint density at radius 2 is 2.14 bits per heavy atom. The molecule has 3 aromatic rings. The van der Waals surface area contributed by atoms with E-state index in [9.17, 15) is 14.7 Å². The lowest BCUT2D eigenvalue weighted by atomic mass is 10.0. The summed E-state index contributed by atoms with van der Waals surface area (Å²) in [6, 6.07) is 10.1. The Balaban J connectivity index is 1.56. The van der Waals surface area contributed by atoms with Crippen LogP contribution in [0.2, 0.25) is 5.02 Å². The average molecular weight is 397 g/mol. The van der Waals surface area contributed by atoms with Crippen molar-refractivity contribution < 1.29 is 9.90 Å². The predicted octanol–water partition coefficient (Wildman–Crippen LogP) is 2.32. The van der Waals surface area contributed by atoms with E-state index in [-0.39, 0.29) is 35.2 Å². The Kier molecular flexibility index (Phi) is 4.83. The molecule has 142 valence electrons. The average Bonchev–Trinajstić information content (AvgIpc) is 2.71. The zero-order valence-electron chi connectivity index (χ0n) is 14.9. The van der Waals surface area contributed by atoms with Gasteiger partial charge in [-0.25, -0.2) is 4.98 Å². The molecule has 0 atom stereocenters. The third kappa shape index (κ3) is 3.61. The van der Waals surface area contributed by atoms with Gasteiger partial charge in [-0.3, -0.25) is 14.6 Å². The molecule has 1 aromatic carbocycles. The fraction of sp³-hybridized carbons (Fsp3) is 0.200. The zero-order chi connectivity index (χ0) is 19.7. The lowest BCUT2D eigenvalue weighted by Crippen LogP contribution is -2.40. The highest BCUT2D eigenvalue weighted by Gasteiger charge is 2.25. The highest BCUT2D eigenvalue weighted by molar-refractivity contribution is 6.32. The van der Waals surface area contributed by atoms with E-state index in [1.54, 1.807) is 35.4 Å². The number of amides is 1. The lowest BCUT2D eigenvalue weighted by molar-refractivity contribution is -0.131. The van der Waals surface area contributed by atoms with E-state index in [2.05, 4.69) is 15.0 Å². The van der Waals surface area contributed by atoms with Crippen molar-refractivity contribution in [2.24, 2.45) is 0 Å². The summed E-state index contributed by atoms with van der Waals surface area (Å²) in [6.07, 6.45) is 2.24. The van der Waals surface area contributed by atoms with E-state index < -0.39 is 0 Å². The number of hydrogen-bond acceptors (Lipinski definition) is 5. The largest absolute Gasteiger partial charge is 0.506 e. The van der Waals surface area contributed by atoms with Crippen LogP contribution in [0.1, 0.15) is 16.8 Å². The van der Waals surface area contributed by atoms with Crippen LogP contribution in [0, 0.1) is 0 Å². The zero-order valence-corrected chi connectivity index (χ0v) is 15.6. The summed E-state index contributed by atoms with van der Waals surface area (Å²) >= 11 is 5.91. The Morgan fingerprint density at radius 1 is 1.29 bits per heavy atom. The number of benzene rings is 1. The number of aromatic hydroxyl groups is 1. The van der Waals surface area contributed by atoms with E-state index in [1.807, 2.05) is 6.07 Å². The van der Waals surface area contributed by atoms with Crippen molar-refractivity contribution in [1.82, 2.24) is 19.9 Å². The molecule has 1 aliphatic rings. The second-order valence-electron chi connectivity index (χ2n) is 6.58. The van der Waals surface area contributed by atoms with Crippen LogP contribution in [0.15, 0.2) is 47.4 Å². The molecule has 0 bridgehead atoms. The second-order valence-corrected chi connectivity index (χ2v) is 6.99. The molecule has 0 aliphatic carbocycles. The van der Waals surface area contributed by atoms with Crippen LogP contribution in [0.25, 0.3) is 11.5 Å². The van der Waals surface area contributed by atoms with Gasteiger partial charge in [0.25, 0.3) is 5.56 Å². The maximum absolute atomic E-state index is 12.7. The van der Waals surface area contributed by atoms with Crippen LogP contribution in [0.3, 0.4) is 0 Å². The molecule has 0 unspecified atom stereocenters. The summed E-state index contributed by atoms with van der Waals surface area (Å²) in [6.45, 7) is 0.717. The minimum atomic E-state index is -0.192. The Bertz CT molecular complexity index is 1100. The summed E-state index contributed by atoms with van der Waals surface area (Å²) < 4.78 is 0. The van der Waals surface area contributed by atoms with E-state index in [4.69, 9.17) is 11.6 Å². The minimum Gasteiger partial charge on any atom is -0.506 e. The van der Waals surface area contributed by atoms with Gasteiger partial charge in [-0.05, 0) is 36.2 Å². The van der Waals surface area contributed by atoms with Gasteiger partial charge >= 0.3 is 0 Å². The van der Waals surface area contributed by atoms with Gasteiger partial charge in [0.15, 0.2) is 5.82 Å². The third-order valence-electron chi connectivity index (χ3n) is 4.70. The number of phenols is 1. The van der Waals surface area contributed by atoms with Crippen molar-refractivity contribution in [3.05, 3.63) is 74.8 Å². The molecule has 1 aliphatic heterocycles. The number of nitrogens with one attached hydrogen (secondary N) is 1. The van der Waals surface area contributed by atoms with Crippen molar-refractivity contribution in [1.29, 1.82) is 0 Å². The number of aromatic amines is 1. The van der Waals surface area contributed by atoms with E-state index in [0.29, 0.717) is 41.3 Å². The number of hydrogen-bond donors (Lipinski definition) is 2. The van der Waals surface area contributed by atoms with Crippen LogP contribution < -0.4 is 5.56 Å². The second kappa shape index (κ2) is 7.44. The standard InChI is InChI=1S/C20H17ClN4O3/c21-14-9-12(4-5-17(14)26)10-18(27)25-8-6-13-16(11-25)23-19(24-20(13)28)15-3-1-2-7-22-15/h1-5,7,9,26H,6,8,10-11H2,(H,23,24,28). The Morgan fingerprint density at radius 3 is 2.89 bits per heavy atom. The number of rotatable bonds is 3. The van der Waals surface area contributed by atoms with Crippen molar-refractivity contribution in [3.63, 3.8) is 0 Å². The summed E-state index contributed by atoms with van der Waals surface area (Å²) in [7, 11) is 0. The fourth-order valence-electron chi connectivity index (χ4n) is 3.22. The number of halogens is 1. The highest BCUT2D eigenvalue weighted by atomic mass is 35.5. The molecule has 28 heavy (non-hydrogen) atoms. The monoisotopic (exact) mass is 396 g/mol. The van der Waals surface area contributed by atoms with Gasteiger partial charge in [-0.2, -0.15) is 0 Å². The summed E-state index contributed by atoms with van der Waals surface area (Å²) in [5.41, 5.74) is 2.29. The minimum absolute atomic E-state index is 0.0183. The third-order valence-corrected chi connectivity index (χ3v) is 5.00. The molecule has 7 nitrogen and oxygen atoms in total. The molecule has 2 N–H and O–H groups in total. The van der Waals surface area contributed by atoms with Gasteiger partial charge in [0.1, 0.15) is 11.4 Å². The number of nitrogens with zero attached hydrogens (tertiary/aromatic N) is 3. The Hall–Kier alpha value is -3.19. The van der Waals surface area contributed by atoms with Crippen molar-refractivity contribution in [3.8, 4) is 17.3 Å². The maximum atomic E-state index is 12.7. The van der Waals surface area contributed by atoms with Gasteiger partial charge < -0.3 is 15.0 Å². The van der Waals surface area contributed by atoms with Crippen molar-refractivity contribution in [2.75, 3.05) is 6.54 Å². The molecular formula is C20H17ClN4O3. The summed E-state index contributed by atoms with van der Waals surface area (Å²) in [5, 5.41) is 9.72. The first-order valence-electron chi connectivity index (χ1n) is 8.80. The maximum Gasteiger partial charge on any atom is 0.254 e. The molecule has 0 radical (unpaired) electrons. The van der Waals surface area contributed by atoms with Crippen molar-refractivity contribution in [2.45, 2.75) is 19.4 Å². The van der Waals surface area contributed by atoms with E-state index in [0.717, 1.165) is 0 Å². The molecule has 3 heterocycles. The molecule has 0 saturated heterocycles. The molecule has 1 amide bonds. The van der Waals surface area contributed by atoms with Crippen molar-refractivity contribution >= 4 is 17.5 Å². The SMILES string of the molecule is O=C(Cc1ccc(O)c(Cl)c1)N1CCc2c(nc(-c3ccccn3)[nH]c2=O)C1. The first-order chi connectivity index (χ1) is 13.5. The topological polar surface area (TPSA) is 99.2 Å². The predicted molar refractivity (Wildman–Crippen MR) is 104 cm³/mol. The van der Waals surface area contributed by atoms with Gasteiger partial charge in [0, 0.05) is 18.3 Å². The number of pyridine rings is 1. The number of carbonyl (C=O) groups excluding carboxylic acids is 1. The number of aromatic nitrogens is 3. The molecule has 0 saturated carbocycles. The Labute approximate surface area is 165 Å². The van der Waals surface area contributed by atoms with Gasteiger partial charge in [-0.1, -0.05) is 23.7 Å². The first kappa shape index (κ1) is 18.2.